The summed E-state index contributed by atoms with van der Waals surface area (Å²) in [6.45, 7) is -0.817. The van der Waals surface area contributed by atoms with E-state index >= 15 is 0 Å². The number of hydrogen-bond acceptors (Lipinski definition) is 3. The molecule has 3 N–H and O–H groups in total. The number of amides is 2. The quantitative estimate of drug-likeness (QED) is 0.753. The second-order valence-electron chi connectivity index (χ2n) is 3.03. The fraction of sp³-hybridized carbons (Fsp3) is 0.333. The van der Waals surface area contributed by atoms with Crippen LogP contribution in [-0.2, 0) is 4.79 Å². The predicted molar refractivity (Wildman–Crippen MR) is 57.2 cm³/mol. The van der Waals surface area contributed by atoms with E-state index in [0.29, 0.717) is 4.88 Å². The standard InChI is InChI=1S/C9H10F2N2O3S/c10-6(11)4-12-9(16)13-7(8(14)15)5-2-1-3-17-5/h1-3,6-7H,4H2,(H,14,15)(H2,12,13,16). The minimum Gasteiger partial charge on any atom is -0.479 e. The molecule has 0 fully saturated rings. The molecule has 1 unspecified atom stereocenters. The van der Waals surface area contributed by atoms with Gasteiger partial charge >= 0.3 is 12.0 Å². The fourth-order valence-corrected chi connectivity index (χ4v) is 1.83. The number of carbonyl (C=O) groups excluding carboxylic acids is 1. The molecule has 1 heterocycles. The molecule has 0 saturated carbocycles. The number of aliphatic carboxylic acids is 1. The molecule has 0 radical (unpaired) electrons. The Kier molecular flexibility index (Phi) is 4.83. The lowest BCUT2D eigenvalue weighted by Crippen LogP contribution is -2.42. The molecule has 0 bridgehead atoms. The van der Waals surface area contributed by atoms with Crippen LogP contribution in [0.25, 0.3) is 0 Å². The lowest BCUT2D eigenvalue weighted by atomic mass is 10.2. The van der Waals surface area contributed by atoms with Crippen LogP contribution in [0, 0.1) is 0 Å². The van der Waals surface area contributed by atoms with E-state index in [4.69, 9.17) is 5.11 Å². The van der Waals surface area contributed by atoms with Crippen molar-refractivity contribution in [3.05, 3.63) is 22.4 Å². The van der Waals surface area contributed by atoms with Crippen molar-refractivity contribution < 1.29 is 23.5 Å². The molecule has 0 aliphatic carbocycles. The van der Waals surface area contributed by atoms with E-state index in [1.807, 2.05) is 5.32 Å². The van der Waals surface area contributed by atoms with Crippen LogP contribution in [-0.4, -0.2) is 30.1 Å². The molecule has 0 aromatic carbocycles. The van der Waals surface area contributed by atoms with Crippen molar-refractivity contribution >= 4 is 23.3 Å². The monoisotopic (exact) mass is 264 g/mol. The summed E-state index contributed by atoms with van der Waals surface area (Å²) in [5, 5.41) is 14.5. The molecule has 2 amide bonds. The van der Waals surface area contributed by atoms with E-state index in [-0.39, 0.29) is 0 Å². The number of rotatable bonds is 5. The second-order valence-corrected chi connectivity index (χ2v) is 4.01. The molecule has 0 aliphatic heterocycles. The Morgan fingerprint density at radius 2 is 2.18 bits per heavy atom. The average Bonchev–Trinajstić information content (AvgIpc) is 2.75. The molecule has 0 spiro atoms. The average molecular weight is 264 g/mol. The topological polar surface area (TPSA) is 78.4 Å². The molecule has 0 aliphatic rings. The number of nitrogens with one attached hydrogen (secondary N) is 2. The number of carbonyl (C=O) groups is 2. The molecule has 1 aromatic rings. The molecule has 1 aromatic heterocycles. The summed E-state index contributed by atoms with van der Waals surface area (Å²) in [5.74, 6) is -1.25. The van der Waals surface area contributed by atoms with Crippen LogP contribution in [0.2, 0.25) is 0 Å². The van der Waals surface area contributed by atoms with E-state index in [0.717, 1.165) is 11.3 Å². The Balaban J connectivity index is 2.56. The maximum Gasteiger partial charge on any atom is 0.331 e. The van der Waals surface area contributed by atoms with Crippen LogP contribution in [0.5, 0.6) is 0 Å². The van der Waals surface area contributed by atoms with Gasteiger partial charge < -0.3 is 15.7 Å². The van der Waals surface area contributed by atoms with Gasteiger partial charge in [-0.25, -0.2) is 18.4 Å². The molecule has 1 atom stereocenters. The van der Waals surface area contributed by atoms with Gasteiger partial charge in [-0.3, -0.25) is 0 Å². The summed E-state index contributed by atoms with van der Waals surface area (Å²) < 4.78 is 23.6. The Morgan fingerprint density at radius 1 is 1.47 bits per heavy atom. The number of thiophene rings is 1. The zero-order chi connectivity index (χ0) is 12.8. The Bertz CT molecular complexity index is 384. The van der Waals surface area contributed by atoms with E-state index in [1.165, 1.54) is 6.07 Å². The van der Waals surface area contributed by atoms with Crippen molar-refractivity contribution in [2.75, 3.05) is 6.54 Å². The van der Waals surface area contributed by atoms with E-state index in [2.05, 4.69) is 5.32 Å². The third-order valence-corrected chi connectivity index (χ3v) is 2.70. The highest BCUT2D eigenvalue weighted by molar-refractivity contribution is 7.10. The third-order valence-electron chi connectivity index (χ3n) is 1.77. The van der Waals surface area contributed by atoms with Gasteiger partial charge in [0.1, 0.15) is 0 Å². The highest BCUT2D eigenvalue weighted by Gasteiger charge is 2.23. The molecule has 0 saturated heterocycles. The van der Waals surface area contributed by atoms with Gasteiger partial charge in [0.05, 0.1) is 6.54 Å². The van der Waals surface area contributed by atoms with Crippen LogP contribution >= 0.6 is 11.3 Å². The zero-order valence-corrected chi connectivity index (χ0v) is 9.34. The lowest BCUT2D eigenvalue weighted by molar-refractivity contribution is -0.139. The first kappa shape index (κ1) is 13.4. The van der Waals surface area contributed by atoms with Crippen molar-refractivity contribution in [1.82, 2.24) is 10.6 Å². The Hall–Kier alpha value is -1.70. The smallest absolute Gasteiger partial charge is 0.331 e. The van der Waals surface area contributed by atoms with Gasteiger partial charge in [0, 0.05) is 4.88 Å². The SMILES string of the molecule is O=C(NCC(F)F)NC(C(=O)O)c1cccs1. The van der Waals surface area contributed by atoms with Crippen molar-refractivity contribution in [3.63, 3.8) is 0 Å². The Labute approximate surface area is 99.4 Å². The number of halogens is 2. The van der Waals surface area contributed by atoms with E-state index < -0.39 is 31.0 Å². The summed E-state index contributed by atoms with van der Waals surface area (Å²) in [7, 11) is 0. The summed E-state index contributed by atoms with van der Waals surface area (Å²) in [4.78, 5) is 22.5. The number of urea groups is 1. The number of carboxylic acids is 1. The fourth-order valence-electron chi connectivity index (χ4n) is 1.06. The molecular formula is C9H10F2N2O3S. The predicted octanol–water partition coefficient (Wildman–Crippen LogP) is 1.44. The van der Waals surface area contributed by atoms with Gasteiger partial charge in [0.2, 0.25) is 0 Å². The maximum absolute atomic E-state index is 11.8. The van der Waals surface area contributed by atoms with Gasteiger partial charge in [-0.15, -0.1) is 11.3 Å². The lowest BCUT2D eigenvalue weighted by Gasteiger charge is -2.13. The first-order valence-corrected chi connectivity index (χ1v) is 5.47. The van der Waals surface area contributed by atoms with Crippen molar-refractivity contribution in [2.45, 2.75) is 12.5 Å². The minimum absolute atomic E-state index is 0.421. The molecular weight excluding hydrogens is 254 g/mol. The van der Waals surface area contributed by atoms with Crippen LogP contribution in [0.4, 0.5) is 13.6 Å². The molecule has 1 rings (SSSR count). The highest BCUT2D eigenvalue weighted by Crippen LogP contribution is 2.18. The van der Waals surface area contributed by atoms with Gasteiger partial charge in [0.15, 0.2) is 6.04 Å². The molecule has 8 heteroatoms. The van der Waals surface area contributed by atoms with Crippen LogP contribution in [0.1, 0.15) is 10.9 Å². The van der Waals surface area contributed by atoms with Gasteiger partial charge in [-0.05, 0) is 11.4 Å². The van der Waals surface area contributed by atoms with Crippen LogP contribution in [0.3, 0.4) is 0 Å². The zero-order valence-electron chi connectivity index (χ0n) is 8.52. The summed E-state index contributed by atoms with van der Waals surface area (Å²) in [6, 6.07) is 1.00. The Morgan fingerprint density at radius 3 is 2.65 bits per heavy atom. The highest BCUT2D eigenvalue weighted by atomic mass is 32.1. The third kappa shape index (κ3) is 4.35. The maximum atomic E-state index is 11.8. The number of carboxylic acid groups (broad SMARTS) is 1. The van der Waals surface area contributed by atoms with Crippen molar-refractivity contribution in [3.8, 4) is 0 Å². The van der Waals surface area contributed by atoms with Crippen LogP contribution < -0.4 is 10.6 Å². The first-order valence-electron chi connectivity index (χ1n) is 4.59. The first-order chi connectivity index (χ1) is 8.00. The van der Waals surface area contributed by atoms with E-state index in [1.54, 1.807) is 11.4 Å². The minimum atomic E-state index is -2.68. The summed E-state index contributed by atoms with van der Waals surface area (Å²) in [6.07, 6.45) is -2.68. The van der Waals surface area contributed by atoms with Gasteiger partial charge in [-0.2, -0.15) is 0 Å². The number of hydrogen-bond donors (Lipinski definition) is 3. The largest absolute Gasteiger partial charge is 0.479 e. The normalized spacial score (nSPS) is 12.2. The summed E-state index contributed by atoms with van der Waals surface area (Å²) in [5.41, 5.74) is 0. The molecule has 5 nitrogen and oxygen atoms in total. The van der Waals surface area contributed by atoms with Crippen molar-refractivity contribution in [2.24, 2.45) is 0 Å². The molecule has 94 valence electrons. The van der Waals surface area contributed by atoms with E-state index in [9.17, 15) is 18.4 Å². The summed E-state index contributed by atoms with van der Waals surface area (Å²) >= 11 is 1.15. The van der Waals surface area contributed by atoms with Crippen LogP contribution in [0.15, 0.2) is 17.5 Å². The van der Waals surface area contributed by atoms with Gasteiger partial charge in [-0.1, -0.05) is 6.07 Å². The number of alkyl halides is 2. The second kappa shape index (κ2) is 6.14. The molecule has 17 heavy (non-hydrogen) atoms. The van der Waals surface area contributed by atoms with Gasteiger partial charge in [0.25, 0.3) is 6.43 Å². The van der Waals surface area contributed by atoms with Crippen molar-refractivity contribution in [1.29, 1.82) is 0 Å².